The molecule has 5 heavy (non-hydrogen) atoms. The van der Waals surface area contributed by atoms with Crippen LogP contribution in [0, 0.1) is 0 Å². The van der Waals surface area contributed by atoms with Gasteiger partial charge in [-0.1, -0.05) is 0 Å². The second-order valence-corrected chi connectivity index (χ2v) is 0.791. The molecule has 0 saturated carbocycles. The fourth-order valence-corrected chi connectivity index (χ4v) is 0. The van der Waals surface area contributed by atoms with E-state index in [1.54, 1.807) is 0 Å². The summed E-state index contributed by atoms with van der Waals surface area (Å²) in [5.41, 5.74) is 0. The Morgan fingerprint density at radius 2 is 1.80 bits per heavy atom. The van der Waals surface area contributed by atoms with Gasteiger partial charge in [-0.3, -0.25) is 0 Å². The molecule has 0 unspecified atom stereocenters. The maximum absolute atomic E-state index is 7.74. The average molecular weight is 136 g/mol. The molecule has 0 spiro atoms. The Morgan fingerprint density at radius 3 is 1.80 bits per heavy atom. The van der Waals surface area contributed by atoms with Gasteiger partial charge < -0.3 is 5.11 Å². The van der Waals surface area contributed by atoms with Crippen molar-refractivity contribution >= 4 is 11.6 Å². The van der Waals surface area contributed by atoms with Crippen molar-refractivity contribution in [2.75, 3.05) is 12.5 Å². The Kier molecular flexibility index (Phi) is 16.3. The normalized spacial score (nSPS) is 6.00. The molecule has 31 valence electrons. The molecule has 0 fully saturated rings. The van der Waals surface area contributed by atoms with Crippen molar-refractivity contribution in [3.05, 3.63) is 0 Å². The molecule has 0 aliphatic carbocycles. The van der Waals surface area contributed by atoms with E-state index in [1.807, 2.05) is 0 Å². The zero-order chi connectivity index (χ0) is 3.41. The van der Waals surface area contributed by atoms with E-state index < -0.39 is 0 Å². The van der Waals surface area contributed by atoms with Gasteiger partial charge in [-0.05, 0) is 0 Å². The van der Waals surface area contributed by atoms with E-state index in [0.29, 0.717) is 5.88 Å². The molecule has 0 heterocycles. The minimum absolute atomic E-state index is 0. The van der Waals surface area contributed by atoms with Gasteiger partial charge in [0.15, 0.2) is 0 Å². The van der Waals surface area contributed by atoms with E-state index >= 15 is 0 Å². The van der Waals surface area contributed by atoms with Crippen molar-refractivity contribution in [1.29, 1.82) is 0 Å². The van der Waals surface area contributed by atoms with Crippen LogP contribution in [-0.4, -0.2) is 17.6 Å². The fourth-order valence-electron chi connectivity index (χ4n) is 0. The third-order valence-electron chi connectivity index (χ3n) is 0.0845. The first-order valence-corrected chi connectivity index (χ1v) is 1.62. The summed E-state index contributed by atoms with van der Waals surface area (Å²) in [6, 6.07) is 0. The van der Waals surface area contributed by atoms with E-state index in [4.69, 9.17) is 16.7 Å². The summed E-state index contributed by atoms with van der Waals surface area (Å²) in [6.45, 7) is 0.0849. The molecular formula is C2H5ClFeO+3. The summed E-state index contributed by atoms with van der Waals surface area (Å²) >= 11 is 4.94. The number of alkyl halides is 1. The van der Waals surface area contributed by atoms with E-state index in [-0.39, 0.29) is 23.7 Å². The van der Waals surface area contributed by atoms with Crippen LogP contribution in [0.4, 0.5) is 0 Å². The fraction of sp³-hybridized carbons (Fsp3) is 1.00. The molecule has 1 nitrogen and oxygen atoms in total. The molecule has 0 aromatic carbocycles. The molecule has 0 aromatic rings. The van der Waals surface area contributed by atoms with Crippen molar-refractivity contribution < 1.29 is 22.2 Å². The Hall–Kier alpha value is 0.769. The third-order valence-corrected chi connectivity index (χ3v) is 0.254. The molecule has 1 radical (unpaired) electrons. The Labute approximate surface area is 46.8 Å². The van der Waals surface area contributed by atoms with Crippen LogP contribution in [0.5, 0.6) is 0 Å². The van der Waals surface area contributed by atoms with Gasteiger partial charge in [0.05, 0.1) is 6.61 Å². The maximum atomic E-state index is 7.74. The first-order chi connectivity index (χ1) is 1.91. The second-order valence-electron chi connectivity index (χ2n) is 0.413. The summed E-state index contributed by atoms with van der Waals surface area (Å²) in [7, 11) is 0. The van der Waals surface area contributed by atoms with Crippen LogP contribution < -0.4 is 0 Å². The summed E-state index contributed by atoms with van der Waals surface area (Å²) in [4.78, 5) is 0. The molecule has 0 atom stereocenters. The Bertz CT molecular complexity index is 11.6. The standard InChI is InChI=1S/C2H5ClO.Fe/c3-1-2-4;/h4H,1-2H2;/q;+3. The monoisotopic (exact) mass is 136 g/mol. The topological polar surface area (TPSA) is 20.2 Å². The molecule has 0 aliphatic heterocycles. The summed E-state index contributed by atoms with van der Waals surface area (Å²) in [6.07, 6.45) is 0. The van der Waals surface area contributed by atoms with Crippen LogP contribution in [-0.2, 0) is 17.1 Å². The first-order valence-electron chi connectivity index (χ1n) is 1.08. The molecule has 3 heteroatoms. The van der Waals surface area contributed by atoms with E-state index in [9.17, 15) is 0 Å². The third kappa shape index (κ3) is 11.7. The van der Waals surface area contributed by atoms with Crippen molar-refractivity contribution in [2.45, 2.75) is 0 Å². The molecule has 0 bridgehead atoms. The summed E-state index contributed by atoms with van der Waals surface area (Å²) in [5.74, 6) is 0.347. The number of aliphatic hydroxyl groups is 1. The smallest absolute Gasteiger partial charge is 0.395 e. The largest absolute Gasteiger partial charge is 3.00 e. The molecule has 0 saturated heterocycles. The Balaban J connectivity index is 0. The molecule has 0 aliphatic rings. The molecule has 0 amide bonds. The number of hydrogen-bond donors (Lipinski definition) is 1. The van der Waals surface area contributed by atoms with Gasteiger partial charge in [0.1, 0.15) is 0 Å². The van der Waals surface area contributed by atoms with Crippen molar-refractivity contribution in [3.8, 4) is 0 Å². The van der Waals surface area contributed by atoms with Crippen LogP contribution in [0.15, 0.2) is 0 Å². The Morgan fingerprint density at radius 1 is 1.60 bits per heavy atom. The molecule has 0 rings (SSSR count). The maximum Gasteiger partial charge on any atom is 3.00 e. The van der Waals surface area contributed by atoms with Gasteiger partial charge in [0.2, 0.25) is 0 Å². The summed E-state index contributed by atoms with van der Waals surface area (Å²) in [5, 5.41) is 7.74. The minimum atomic E-state index is 0. The van der Waals surface area contributed by atoms with Gasteiger partial charge in [0, 0.05) is 5.88 Å². The van der Waals surface area contributed by atoms with Gasteiger partial charge >= 0.3 is 17.1 Å². The number of halogens is 1. The summed E-state index contributed by atoms with van der Waals surface area (Å²) < 4.78 is 0. The van der Waals surface area contributed by atoms with Gasteiger partial charge in [-0.2, -0.15) is 0 Å². The van der Waals surface area contributed by atoms with Crippen LogP contribution >= 0.6 is 11.6 Å². The van der Waals surface area contributed by atoms with Crippen molar-refractivity contribution in [2.24, 2.45) is 0 Å². The number of rotatable bonds is 1. The van der Waals surface area contributed by atoms with Crippen LogP contribution in [0.3, 0.4) is 0 Å². The SMILES string of the molecule is OCCCl.[Fe+3]. The average Bonchev–Trinajstić information content (AvgIpc) is 1.37. The second kappa shape index (κ2) is 8.84. The van der Waals surface area contributed by atoms with Gasteiger partial charge in [-0.15, -0.1) is 11.6 Å². The number of aliphatic hydroxyl groups excluding tert-OH is 1. The first kappa shape index (κ1) is 9.24. The van der Waals surface area contributed by atoms with Crippen molar-refractivity contribution in [1.82, 2.24) is 0 Å². The van der Waals surface area contributed by atoms with E-state index in [1.165, 1.54) is 0 Å². The molecular weight excluding hydrogens is 131 g/mol. The van der Waals surface area contributed by atoms with E-state index in [2.05, 4.69) is 0 Å². The predicted octanol–water partition coefficient (Wildman–Crippen LogP) is 0.215. The number of hydrogen-bond acceptors (Lipinski definition) is 1. The zero-order valence-corrected chi connectivity index (χ0v) is 4.45. The van der Waals surface area contributed by atoms with Crippen molar-refractivity contribution in [3.63, 3.8) is 0 Å². The zero-order valence-electron chi connectivity index (χ0n) is 2.59. The quantitative estimate of drug-likeness (QED) is 0.404. The molecule has 0 aromatic heterocycles. The molecule has 1 N–H and O–H groups in total. The van der Waals surface area contributed by atoms with Crippen LogP contribution in [0.25, 0.3) is 0 Å². The predicted molar refractivity (Wildman–Crippen MR) is 17.8 cm³/mol. The van der Waals surface area contributed by atoms with Gasteiger partial charge in [-0.25, -0.2) is 0 Å². The minimum Gasteiger partial charge on any atom is -0.395 e. The van der Waals surface area contributed by atoms with E-state index in [0.717, 1.165) is 0 Å². The van der Waals surface area contributed by atoms with Gasteiger partial charge in [0.25, 0.3) is 0 Å². The van der Waals surface area contributed by atoms with Crippen LogP contribution in [0.1, 0.15) is 0 Å². The van der Waals surface area contributed by atoms with Crippen LogP contribution in [0.2, 0.25) is 0 Å².